The second-order valence-electron chi connectivity index (χ2n) is 9.37. The molecule has 0 amide bonds. The summed E-state index contributed by atoms with van der Waals surface area (Å²) in [4.78, 5) is 26.1. The molecule has 1 saturated carbocycles. The number of allylic oxidation sites excluding steroid dienone is 2. The molecule has 1 aliphatic carbocycles. The van der Waals surface area contributed by atoms with Crippen LogP contribution in [-0.2, 0) is 20.8 Å². The van der Waals surface area contributed by atoms with Gasteiger partial charge in [0.15, 0.2) is 0 Å². The summed E-state index contributed by atoms with van der Waals surface area (Å²) in [5.74, 6) is -0.549. The normalized spacial score (nSPS) is 23.8. The first-order chi connectivity index (χ1) is 16.8. The van der Waals surface area contributed by atoms with Crippen molar-refractivity contribution in [1.29, 1.82) is 0 Å². The van der Waals surface area contributed by atoms with Crippen LogP contribution in [0.3, 0.4) is 0 Å². The lowest BCUT2D eigenvalue weighted by atomic mass is 9.85. The second kappa shape index (κ2) is 15.5. The Balaban J connectivity index is 1.66. The largest absolute Gasteiger partial charge is 0.461 e. The number of aryl methyl sites for hydroxylation is 1. The van der Waals surface area contributed by atoms with Crippen molar-refractivity contribution in [2.75, 3.05) is 6.61 Å². The maximum atomic E-state index is 11.8. The highest BCUT2D eigenvalue weighted by molar-refractivity contribution is 5.69. The molecule has 1 aromatic carbocycles. The molecular weight excluding hydrogens is 454 g/mol. The fraction of sp³-hybridized carbons (Fsp3) is 0.654. The fourth-order valence-corrected chi connectivity index (χ4v) is 4.63. The molecule has 1 fully saturated rings. The van der Waals surface area contributed by atoms with E-state index in [4.69, 9.17) is 4.74 Å². The van der Waals surface area contributed by atoms with E-state index in [0.717, 1.165) is 6.42 Å². The van der Waals surface area contributed by atoms with Crippen molar-refractivity contribution in [3.05, 3.63) is 58.2 Å². The van der Waals surface area contributed by atoms with Crippen LogP contribution < -0.4 is 0 Å². The van der Waals surface area contributed by atoms with Gasteiger partial charge in [-0.05, 0) is 75.7 Å². The topological polar surface area (TPSA) is 139 Å². The Bertz CT molecular complexity index is 787. The number of nitrogens with zero attached hydrogens (tertiary/aromatic N) is 1. The highest BCUT2D eigenvalue weighted by atomic mass is 17.0. The summed E-state index contributed by atoms with van der Waals surface area (Å²) in [6.07, 6.45) is 6.81. The third-order valence-electron chi connectivity index (χ3n) is 6.54. The van der Waals surface area contributed by atoms with E-state index in [0.29, 0.717) is 44.9 Å². The van der Waals surface area contributed by atoms with Crippen molar-refractivity contribution in [2.24, 2.45) is 11.8 Å². The van der Waals surface area contributed by atoms with Crippen LogP contribution in [0.1, 0.15) is 63.9 Å². The monoisotopic (exact) mass is 493 g/mol. The van der Waals surface area contributed by atoms with Crippen LogP contribution in [0, 0.1) is 22.0 Å². The van der Waals surface area contributed by atoms with Crippen LogP contribution in [0.15, 0.2) is 42.5 Å². The minimum absolute atomic E-state index is 0.0566. The number of hydrogen-bond acceptors (Lipinski definition) is 8. The predicted molar refractivity (Wildman–Crippen MR) is 130 cm³/mol. The van der Waals surface area contributed by atoms with Gasteiger partial charge < -0.3 is 24.9 Å². The summed E-state index contributed by atoms with van der Waals surface area (Å²) >= 11 is 0. The van der Waals surface area contributed by atoms with E-state index in [1.54, 1.807) is 0 Å². The number of carbonyl (C=O) groups excluding carboxylic acids is 1. The molecule has 0 aliphatic heterocycles. The summed E-state index contributed by atoms with van der Waals surface area (Å²) in [5.41, 5.74) is 1.19. The van der Waals surface area contributed by atoms with Crippen LogP contribution in [0.5, 0.6) is 0 Å². The summed E-state index contributed by atoms with van der Waals surface area (Å²) in [5, 5.41) is 40.5. The van der Waals surface area contributed by atoms with Gasteiger partial charge in [-0.1, -0.05) is 42.5 Å². The molecule has 9 nitrogen and oxygen atoms in total. The maximum absolute atomic E-state index is 11.8. The summed E-state index contributed by atoms with van der Waals surface area (Å²) in [7, 11) is 0. The fourth-order valence-electron chi connectivity index (χ4n) is 4.63. The Morgan fingerprint density at radius 3 is 2.60 bits per heavy atom. The Morgan fingerprint density at radius 2 is 1.89 bits per heavy atom. The molecule has 6 unspecified atom stereocenters. The zero-order valence-corrected chi connectivity index (χ0v) is 20.4. The lowest BCUT2D eigenvalue weighted by Gasteiger charge is -2.23. The molecule has 6 atom stereocenters. The molecule has 0 heterocycles. The van der Waals surface area contributed by atoms with Gasteiger partial charge in [0.1, 0.15) is 12.7 Å². The van der Waals surface area contributed by atoms with Crippen LogP contribution in [-0.4, -0.2) is 57.4 Å². The maximum Gasteiger partial charge on any atom is 0.306 e. The van der Waals surface area contributed by atoms with Crippen molar-refractivity contribution in [3.63, 3.8) is 0 Å². The van der Waals surface area contributed by atoms with E-state index in [9.17, 15) is 30.2 Å². The number of benzene rings is 1. The molecule has 9 heteroatoms. The van der Waals surface area contributed by atoms with E-state index in [-0.39, 0.29) is 24.9 Å². The van der Waals surface area contributed by atoms with Gasteiger partial charge in [-0.25, -0.2) is 0 Å². The first kappa shape index (κ1) is 28.7. The number of unbranched alkanes of at least 4 members (excludes halogenated alkanes) is 1. The standard InChI is InChI=1S/C26H39NO8/c1-19(18-34-27(32)33)35-26(31)12-8-3-2-7-11-22-23(25(30)17-24(22)29)16-15-21(28)14-13-20-9-5-4-6-10-20/h2,4-7,9-10,19,21-25,28-30H,3,8,11-18H2,1H3. The van der Waals surface area contributed by atoms with Gasteiger partial charge >= 0.3 is 5.97 Å². The number of esters is 1. The molecule has 196 valence electrons. The van der Waals surface area contributed by atoms with Gasteiger partial charge in [-0.3, -0.25) is 4.79 Å². The first-order valence-corrected chi connectivity index (χ1v) is 12.5. The van der Waals surface area contributed by atoms with E-state index >= 15 is 0 Å². The molecule has 3 N–H and O–H groups in total. The highest BCUT2D eigenvalue weighted by Crippen LogP contribution is 2.38. The lowest BCUT2D eigenvalue weighted by Crippen LogP contribution is -2.23. The minimum Gasteiger partial charge on any atom is -0.461 e. The third kappa shape index (κ3) is 11.2. The SMILES string of the molecule is CC(CO[N+](=O)[O-])OC(=O)CCCC=CCC1C(O)CC(O)C1CCC(O)CCc1ccccc1. The molecule has 1 aliphatic rings. The zero-order valence-electron chi connectivity index (χ0n) is 20.4. The van der Waals surface area contributed by atoms with Crippen LogP contribution >= 0.6 is 0 Å². The number of carbonyl (C=O) groups is 1. The third-order valence-corrected chi connectivity index (χ3v) is 6.54. The molecule has 0 radical (unpaired) electrons. The van der Waals surface area contributed by atoms with Gasteiger partial charge in [0.2, 0.25) is 0 Å². The number of ether oxygens (including phenoxy) is 1. The van der Waals surface area contributed by atoms with Crippen LogP contribution in [0.4, 0.5) is 0 Å². The predicted octanol–water partition coefficient (Wildman–Crippen LogP) is 3.37. The number of hydrogen-bond donors (Lipinski definition) is 3. The number of aliphatic hydroxyl groups is 3. The van der Waals surface area contributed by atoms with Crippen molar-refractivity contribution in [2.45, 2.75) is 89.1 Å². The Hall–Kier alpha value is -2.49. The summed E-state index contributed by atoms with van der Waals surface area (Å²) in [6.45, 7) is 1.24. The van der Waals surface area contributed by atoms with E-state index in [2.05, 4.69) is 4.84 Å². The lowest BCUT2D eigenvalue weighted by molar-refractivity contribution is -0.759. The van der Waals surface area contributed by atoms with Crippen LogP contribution in [0.2, 0.25) is 0 Å². The van der Waals surface area contributed by atoms with Crippen LogP contribution in [0.25, 0.3) is 0 Å². The molecule has 0 saturated heterocycles. The summed E-state index contributed by atoms with van der Waals surface area (Å²) in [6, 6.07) is 10.0. The minimum atomic E-state index is -0.922. The van der Waals surface area contributed by atoms with E-state index in [1.807, 2.05) is 42.5 Å². The Kier molecular flexibility index (Phi) is 12.7. The molecule has 0 spiro atoms. The molecule has 0 bridgehead atoms. The average Bonchev–Trinajstić information content (AvgIpc) is 3.09. The van der Waals surface area contributed by atoms with Gasteiger partial charge in [-0.2, -0.15) is 0 Å². The van der Waals surface area contributed by atoms with Gasteiger partial charge in [-0.15, -0.1) is 10.1 Å². The smallest absolute Gasteiger partial charge is 0.306 e. The van der Waals surface area contributed by atoms with Crippen molar-refractivity contribution in [3.8, 4) is 0 Å². The first-order valence-electron chi connectivity index (χ1n) is 12.5. The number of rotatable bonds is 16. The quantitative estimate of drug-likeness (QED) is 0.105. The van der Waals surface area contributed by atoms with Gasteiger partial charge in [0.05, 0.1) is 18.3 Å². The molecule has 35 heavy (non-hydrogen) atoms. The van der Waals surface area contributed by atoms with Gasteiger partial charge in [0.25, 0.3) is 5.09 Å². The van der Waals surface area contributed by atoms with E-state index in [1.165, 1.54) is 12.5 Å². The summed E-state index contributed by atoms with van der Waals surface area (Å²) < 4.78 is 5.04. The Labute approximate surface area is 206 Å². The molecular formula is C26H39NO8. The highest BCUT2D eigenvalue weighted by Gasteiger charge is 2.40. The van der Waals surface area contributed by atoms with Crippen molar-refractivity contribution < 1.29 is 34.8 Å². The van der Waals surface area contributed by atoms with Crippen molar-refractivity contribution in [1.82, 2.24) is 0 Å². The zero-order chi connectivity index (χ0) is 25.6. The van der Waals surface area contributed by atoms with E-state index < -0.39 is 35.5 Å². The molecule has 0 aromatic heterocycles. The average molecular weight is 494 g/mol. The number of aliphatic hydroxyl groups excluding tert-OH is 3. The van der Waals surface area contributed by atoms with Crippen molar-refractivity contribution >= 4 is 5.97 Å². The van der Waals surface area contributed by atoms with Gasteiger partial charge in [0, 0.05) is 6.42 Å². The molecule has 2 rings (SSSR count). The molecule has 1 aromatic rings. The Morgan fingerprint density at radius 1 is 1.17 bits per heavy atom. The second-order valence-corrected chi connectivity index (χ2v) is 9.37.